The van der Waals surface area contributed by atoms with E-state index in [1.165, 1.54) is 0 Å². The molecule has 0 spiro atoms. The fourth-order valence-corrected chi connectivity index (χ4v) is 2.23. The fourth-order valence-electron chi connectivity index (χ4n) is 1.80. The third kappa shape index (κ3) is 4.60. The van der Waals surface area contributed by atoms with Crippen molar-refractivity contribution in [3.63, 3.8) is 0 Å². The van der Waals surface area contributed by atoms with E-state index in [1.54, 1.807) is 6.07 Å². The maximum atomic E-state index is 6.20. The van der Waals surface area contributed by atoms with Gasteiger partial charge in [-0.15, -0.1) is 12.3 Å². The molecule has 92 valence electrons. The second-order valence-electron chi connectivity index (χ2n) is 3.87. The summed E-state index contributed by atoms with van der Waals surface area (Å²) in [4.78, 5) is 0. The molecule has 17 heavy (non-hydrogen) atoms. The Morgan fingerprint density at radius 3 is 2.82 bits per heavy atom. The molecule has 0 saturated carbocycles. The first-order valence-corrected chi connectivity index (χ1v) is 6.56. The SMILES string of the molecule is C#CCCCC(NCC)c1cc(Cl)ccc1Cl. The summed E-state index contributed by atoms with van der Waals surface area (Å²) in [5.41, 5.74) is 1.05. The maximum Gasteiger partial charge on any atom is 0.0454 e. The van der Waals surface area contributed by atoms with Gasteiger partial charge in [-0.25, -0.2) is 0 Å². The van der Waals surface area contributed by atoms with Crippen LogP contribution in [-0.2, 0) is 0 Å². The van der Waals surface area contributed by atoms with Crippen LogP contribution in [-0.4, -0.2) is 6.54 Å². The highest BCUT2D eigenvalue weighted by Gasteiger charge is 2.13. The molecule has 1 rings (SSSR count). The Balaban J connectivity index is 2.81. The second kappa shape index (κ2) is 7.61. The molecule has 3 heteroatoms. The largest absolute Gasteiger partial charge is 0.310 e. The number of rotatable bonds is 6. The number of terminal acetylenes is 1. The summed E-state index contributed by atoms with van der Waals surface area (Å²) < 4.78 is 0. The van der Waals surface area contributed by atoms with E-state index in [4.69, 9.17) is 29.6 Å². The Kier molecular flexibility index (Phi) is 6.44. The van der Waals surface area contributed by atoms with E-state index in [1.807, 2.05) is 12.1 Å². The fraction of sp³-hybridized carbons (Fsp3) is 0.429. The maximum absolute atomic E-state index is 6.20. The molecule has 0 radical (unpaired) electrons. The molecule has 1 nitrogen and oxygen atoms in total. The molecule has 0 aliphatic heterocycles. The quantitative estimate of drug-likeness (QED) is 0.595. The summed E-state index contributed by atoms with van der Waals surface area (Å²) >= 11 is 12.2. The molecule has 0 heterocycles. The Bertz CT molecular complexity index is 396. The van der Waals surface area contributed by atoms with Crippen molar-refractivity contribution in [1.29, 1.82) is 0 Å². The van der Waals surface area contributed by atoms with E-state index in [0.29, 0.717) is 5.02 Å². The molecule has 0 bridgehead atoms. The van der Waals surface area contributed by atoms with Crippen LogP contribution in [0.1, 0.15) is 37.8 Å². The Morgan fingerprint density at radius 1 is 1.41 bits per heavy atom. The van der Waals surface area contributed by atoms with Crippen LogP contribution in [0.5, 0.6) is 0 Å². The van der Waals surface area contributed by atoms with Crippen LogP contribution in [0.15, 0.2) is 18.2 Å². The molecule has 0 fully saturated rings. The Labute approximate surface area is 114 Å². The van der Waals surface area contributed by atoms with Crippen molar-refractivity contribution in [2.24, 2.45) is 0 Å². The minimum absolute atomic E-state index is 0.222. The molecule has 1 N–H and O–H groups in total. The van der Waals surface area contributed by atoms with Gasteiger partial charge in [0, 0.05) is 22.5 Å². The molecule has 0 aliphatic carbocycles. The van der Waals surface area contributed by atoms with Crippen LogP contribution in [0, 0.1) is 12.3 Å². The third-order valence-corrected chi connectivity index (χ3v) is 3.18. The molecule has 1 atom stereocenters. The van der Waals surface area contributed by atoms with Gasteiger partial charge in [0.15, 0.2) is 0 Å². The molecule has 0 aromatic heterocycles. The Hall–Kier alpha value is -0.680. The summed E-state index contributed by atoms with van der Waals surface area (Å²) in [7, 11) is 0. The first-order valence-electron chi connectivity index (χ1n) is 5.80. The van der Waals surface area contributed by atoms with Gasteiger partial charge in [0.2, 0.25) is 0 Å². The van der Waals surface area contributed by atoms with E-state index in [2.05, 4.69) is 18.2 Å². The molecule has 1 unspecified atom stereocenters. The minimum Gasteiger partial charge on any atom is -0.310 e. The van der Waals surface area contributed by atoms with Crippen molar-refractivity contribution in [2.75, 3.05) is 6.54 Å². The van der Waals surface area contributed by atoms with Crippen LogP contribution in [0.25, 0.3) is 0 Å². The van der Waals surface area contributed by atoms with Gasteiger partial charge in [-0.3, -0.25) is 0 Å². The van der Waals surface area contributed by atoms with Gasteiger partial charge < -0.3 is 5.32 Å². The number of nitrogens with one attached hydrogen (secondary N) is 1. The lowest BCUT2D eigenvalue weighted by atomic mass is 10.0. The smallest absolute Gasteiger partial charge is 0.0454 e. The molecular formula is C14H17Cl2N. The van der Waals surface area contributed by atoms with Gasteiger partial charge >= 0.3 is 0 Å². The van der Waals surface area contributed by atoms with Crippen LogP contribution in [0.3, 0.4) is 0 Å². The van der Waals surface area contributed by atoms with Gasteiger partial charge in [-0.05, 0) is 43.1 Å². The number of halogens is 2. The van der Waals surface area contributed by atoms with E-state index < -0.39 is 0 Å². The van der Waals surface area contributed by atoms with Gasteiger partial charge in [0.05, 0.1) is 0 Å². The molecule has 1 aromatic rings. The lowest BCUT2D eigenvalue weighted by Crippen LogP contribution is -2.21. The normalized spacial score (nSPS) is 12.1. The molecule has 0 aliphatic rings. The standard InChI is InChI=1S/C14H17Cl2N/c1-3-5-6-7-14(17-4-2)12-10-11(15)8-9-13(12)16/h1,8-10,14,17H,4-7H2,2H3. The predicted molar refractivity (Wildman–Crippen MR) is 75.6 cm³/mol. The topological polar surface area (TPSA) is 12.0 Å². The van der Waals surface area contributed by atoms with Gasteiger partial charge in [-0.2, -0.15) is 0 Å². The summed E-state index contributed by atoms with van der Waals surface area (Å²) in [6, 6.07) is 5.79. The van der Waals surface area contributed by atoms with Crippen LogP contribution in [0.2, 0.25) is 10.0 Å². The number of unbranched alkanes of at least 4 members (excludes halogenated alkanes) is 1. The second-order valence-corrected chi connectivity index (χ2v) is 4.72. The lowest BCUT2D eigenvalue weighted by molar-refractivity contribution is 0.502. The van der Waals surface area contributed by atoms with Crippen LogP contribution < -0.4 is 5.32 Å². The van der Waals surface area contributed by atoms with Crippen molar-refractivity contribution in [1.82, 2.24) is 5.32 Å². The van der Waals surface area contributed by atoms with E-state index in [0.717, 1.165) is 36.4 Å². The number of hydrogen-bond acceptors (Lipinski definition) is 1. The highest BCUT2D eigenvalue weighted by atomic mass is 35.5. The van der Waals surface area contributed by atoms with Crippen LogP contribution >= 0.6 is 23.2 Å². The monoisotopic (exact) mass is 269 g/mol. The van der Waals surface area contributed by atoms with E-state index >= 15 is 0 Å². The zero-order valence-corrected chi connectivity index (χ0v) is 11.5. The number of benzene rings is 1. The Morgan fingerprint density at radius 2 is 2.18 bits per heavy atom. The van der Waals surface area contributed by atoms with Crippen molar-refractivity contribution in [2.45, 2.75) is 32.2 Å². The minimum atomic E-state index is 0.222. The zero-order valence-electron chi connectivity index (χ0n) is 9.97. The molecular weight excluding hydrogens is 253 g/mol. The van der Waals surface area contributed by atoms with Gasteiger partial charge in [0.1, 0.15) is 0 Å². The zero-order chi connectivity index (χ0) is 12.7. The van der Waals surface area contributed by atoms with Crippen molar-refractivity contribution >= 4 is 23.2 Å². The van der Waals surface area contributed by atoms with Crippen LogP contribution in [0.4, 0.5) is 0 Å². The molecule has 0 amide bonds. The highest BCUT2D eigenvalue weighted by molar-refractivity contribution is 6.33. The summed E-state index contributed by atoms with van der Waals surface area (Å²) in [6.07, 6.45) is 8.01. The summed E-state index contributed by atoms with van der Waals surface area (Å²) in [5, 5.41) is 4.88. The van der Waals surface area contributed by atoms with Gasteiger partial charge in [0.25, 0.3) is 0 Å². The van der Waals surface area contributed by atoms with Crippen molar-refractivity contribution < 1.29 is 0 Å². The first-order chi connectivity index (χ1) is 8.19. The number of hydrogen-bond donors (Lipinski definition) is 1. The van der Waals surface area contributed by atoms with Crippen molar-refractivity contribution in [3.05, 3.63) is 33.8 Å². The third-order valence-electron chi connectivity index (χ3n) is 2.60. The van der Waals surface area contributed by atoms with Crippen molar-refractivity contribution in [3.8, 4) is 12.3 Å². The lowest BCUT2D eigenvalue weighted by Gasteiger charge is -2.19. The predicted octanol–water partition coefficient (Wildman–Crippen LogP) is 4.45. The summed E-state index contributed by atoms with van der Waals surface area (Å²) in [6.45, 7) is 2.97. The van der Waals surface area contributed by atoms with Gasteiger partial charge in [-0.1, -0.05) is 30.1 Å². The average molecular weight is 270 g/mol. The average Bonchev–Trinajstić information content (AvgIpc) is 2.32. The molecule has 1 aromatic carbocycles. The summed E-state index contributed by atoms with van der Waals surface area (Å²) in [5.74, 6) is 2.66. The first kappa shape index (κ1) is 14.4. The van der Waals surface area contributed by atoms with E-state index in [-0.39, 0.29) is 6.04 Å². The molecule has 0 saturated heterocycles. The van der Waals surface area contributed by atoms with E-state index in [9.17, 15) is 0 Å². The highest BCUT2D eigenvalue weighted by Crippen LogP contribution is 2.29.